The van der Waals surface area contributed by atoms with Crippen molar-refractivity contribution in [3.05, 3.63) is 89.8 Å². The Hall–Kier alpha value is -4.07. The summed E-state index contributed by atoms with van der Waals surface area (Å²) in [6.45, 7) is 4.46. The predicted molar refractivity (Wildman–Crippen MR) is 115 cm³/mol. The molecule has 0 fully saturated rings. The molecule has 0 bridgehead atoms. The number of aryl methyl sites for hydroxylation is 2. The van der Waals surface area contributed by atoms with Crippen LogP contribution in [0, 0.1) is 13.8 Å². The quantitative estimate of drug-likeness (QED) is 0.515. The summed E-state index contributed by atoms with van der Waals surface area (Å²) in [6, 6.07) is 13.0. The summed E-state index contributed by atoms with van der Waals surface area (Å²) in [7, 11) is 0. The van der Waals surface area contributed by atoms with Crippen LogP contribution >= 0.6 is 0 Å². The summed E-state index contributed by atoms with van der Waals surface area (Å²) in [5.41, 5.74) is 4.21. The average Bonchev–Trinajstić information content (AvgIpc) is 3.11. The van der Waals surface area contributed by atoms with Crippen molar-refractivity contribution in [2.24, 2.45) is 0 Å². The number of amides is 1. The molecule has 0 aliphatic rings. The molecular formula is C22H21N7O. The maximum atomic E-state index is 12.3. The molecule has 0 aliphatic heterocycles. The Kier molecular flexibility index (Phi) is 5.47. The van der Waals surface area contributed by atoms with Crippen molar-refractivity contribution in [3.63, 3.8) is 0 Å². The minimum atomic E-state index is -0.175. The van der Waals surface area contributed by atoms with Crippen LogP contribution < -0.4 is 10.6 Å². The van der Waals surface area contributed by atoms with E-state index in [0.717, 1.165) is 22.6 Å². The number of anilines is 2. The monoisotopic (exact) mass is 399 g/mol. The number of pyridine rings is 1. The number of nitrogens with one attached hydrogen (secondary N) is 2. The largest absolute Gasteiger partial charge is 0.365 e. The summed E-state index contributed by atoms with van der Waals surface area (Å²) < 4.78 is 1.77. The molecule has 8 heteroatoms. The number of benzene rings is 1. The van der Waals surface area contributed by atoms with Crippen LogP contribution in [0.4, 0.5) is 11.5 Å². The van der Waals surface area contributed by atoms with Crippen molar-refractivity contribution < 1.29 is 4.79 Å². The van der Waals surface area contributed by atoms with Gasteiger partial charge in [0.05, 0.1) is 18.1 Å². The van der Waals surface area contributed by atoms with Gasteiger partial charge in [-0.1, -0.05) is 12.1 Å². The first-order valence-corrected chi connectivity index (χ1v) is 9.48. The molecule has 0 unspecified atom stereocenters. The Balaban J connectivity index is 1.43. The molecule has 0 aliphatic carbocycles. The van der Waals surface area contributed by atoms with Crippen LogP contribution in [0.1, 0.15) is 27.3 Å². The van der Waals surface area contributed by atoms with E-state index in [2.05, 4.69) is 30.7 Å². The number of hydrogen-bond acceptors (Lipinski definition) is 6. The van der Waals surface area contributed by atoms with Crippen molar-refractivity contribution in [2.45, 2.75) is 20.4 Å². The third-order valence-corrected chi connectivity index (χ3v) is 4.45. The third-order valence-electron chi connectivity index (χ3n) is 4.45. The topological polar surface area (TPSA) is 97.6 Å². The summed E-state index contributed by atoms with van der Waals surface area (Å²) >= 11 is 0. The smallest absolute Gasteiger partial charge is 0.255 e. The second kappa shape index (κ2) is 8.52. The van der Waals surface area contributed by atoms with Crippen LogP contribution in [0.3, 0.4) is 0 Å². The van der Waals surface area contributed by atoms with E-state index < -0.39 is 0 Å². The van der Waals surface area contributed by atoms with Crippen molar-refractivity contribution in [1.29, 1.82) is 0 Å². The fourth-order valence-electron chi connectivity index (χ4n) is 3.06. The Morgan fingerprint density at radius 3 is 2.63 bits per heavy atom. The van der Waals surface area contributed by atoms with Crippen molar-refractivity contribution in [3.8, 4) is 5.82 Å². The number of carbonyl (C=O) groups is 1. The van der Waals surface area contributed by atoms with Crippen LogP contribution in [-0.4, -0.2) is 30.6 Å². The second-order valence-corrected chi connectivity index (χ2v) is 6.85. The van der Waals surface area contributed by atoms with Gasteiger partial charge >= 0.3 is 0 Å². The van der Waals surface area contributed by atoms with Crippen LogP contribution in [0.25, 0.3) is 5.82 Å². The van der Waals surface area contributed by atoms with Gasteiger partial charge in [-0.25, -0.2) is 9.67 Å². The van der Waals surface area contributed by atoms with Crippen LogP contribution in [0.15, 0.2) is 67.3 Å². The van der Waals surface area contributed by atoms with E-state index >= 15 is 0 Å². The second-order valence-electron chi connectivity index (χ2n) is 6.85. The lowest BCUT2D eigenvalue weighted by Crippen LogP contribution is -2.12. The van der Waals surface area contributed by atoms with E-state index in [-0.39, 0.29) is 5.91 Å². The molecule has 0 saturated heterocycles. The first-order chi connectivity index (χ1) is 14.6. The zero-order valence-corrected chi connectivity index (χ0v) is 16.7. The van der Waals surface area contributed by atoms with Gasteiger partial charge in [-0.15, -0.1) is 0 Å². The summed E-state index contributed by atoms with van der Waals surface area (Å²) in [6.07, 6.45) is 6.54. The standard InChI is InChI=1S/C22H21N7O/c1-15-10-16(2)29(28-15)21-14-24-13-20(27-21)25-12-17-4-3-5-19(11-17)26-22(30)18-6-8-23-9-7-18/h3-11,13-14H,12H2,1-2H3,(H,25,27)(H,26,30). The van der Waals surface area contributed by atoms with Crippen LogP contribution in [0.2, 0.25) is 0 Å². The Bertz CT molecular complexity index is 1170. The average molecular weight is 399 g/mol. The first kappa shape index (κ1) is 19.3. The molecule has 3 heterocycles. The molecule has 0 saturated carbocycles. The van der Waals surface area contributed by atoms with Gasteiger partial charge < -0.3 is 10.6 Å². The highest BCUT2D eigenvalue weighted by Gasteiger charge is 2.08. The Morgan fingerprint density at radius 2 is 1.87 bits per heavy atom. The fourth-order valence-corrected chi connectivity index (χ4v) is 3.06. The normalized spacial score (nSPS) is 10.6. The zero-order chi connectivity index (χ0) is 20.9. The highest BCUT2D eigenvalue weighted by Crippen LogP contribution is 2.15. The van der Waals surface area contributed by atoms with Crippen molar-refractivity contribution in [2.75, 3.05) is 10.6 Å². The zero-order valence-electron chi connectivity index (χ0n) is 16.7. The Morgan fingerprint density at radius 1 is 1.03 bits per heavy atom. The lowest BCUT2D eigenvalue weighted by molar-refractivity contribution is 0.102. The molecule has 8 nitrogen and oxygen atoms in total. The molecule has 3 aromatic heterocycles. The molecule has 30 heavy (non-hydrogen) atoms. The molecule has 150 valence electrons. The summed E-state index contributed by atoms with van der Waals surface area (Å²) in [5, 5.41) is 10.6. The SMILES string of the molecule is Cc1cc(C)n(-c2cncc(NCc3cccc(NC(=O)c4ccncc4)c3)n2)n1. The van der Waals surface area contributed by atoms with Gasteiger partial charge in [-0.2, -0.15) is 5.10 Å². The molecule has 0 atom stereocenters. The molecule has 4 rings (SSSR count). The molecule has 0 spiro atoms. The number of rotatable bonds is 6. The van der Waals surface area contributed by atoms with Gasteiger partial charge in [-0.05, 0) is 49.7 Å². The molecule has 4 aromatic rings. The van der Waals surface area contributed by atoms with E-state index in [0.29, 0.717) is 23.7 Å². The molecular weight excluding hydrogens is 378 g/mol. The molecule has 0 radical (unpaired) electrons. The third kappa shape index (κ3) is 4.49. The molecule has 2 N–H and O–H groups in total. The van der Waals surface area contributed by atoms with Crippen molar-refractivity contribution >= 4 is 17.4 Å². The van der Waals surface area contributed by atoms with Gasteiger partial charge in [0.1, 0.15) is 5.82 Å². The lowest BCUT2D eigenvalue weighted by Gasteiger charge is -2.10. The van der Waals surface area contributed by atoms with Crippen LogP contribution in [0.5, 0.6) is 0 Å². The maximum Gasteiger partial charge on any atom is 0.255 e. The van der Waals surface area contributed by atoms with E-state index in [9.17, 15) is 4.79 Å². The first-order valence-electron chi connectivity index (χ1n) is 9.48. The van der Waals surface area contributed by atoms with Gasteiger partial charge in [-0.3, -0.25) is 14.8 Å². The number of nitrogens with zero attached hydrogens (tertiary/aromatic N) is 5. The number of hydrogen-bond donors (Lipinski definition) is 2. The highest BCUT2D eigenvalue weighted by molar-refractivity contribution is 6.04. The lowest BCUT2D eigenvalue weighted by atomic mass is 10.2. The van der Waals surface area contributed by atoms with E-state index in [1.165, 1.54) is 0 Å². The van der Waals surface area contributed by atoms with Gasteiger partial charge in [0.15, 0.2) is 5.82 Å². The summed E-state index contributed by atoms with van der Waals surface area (Å²) in [5.74, 6) is 1.13. The molecule has 1 aromatic carbocycles. The van der Waals surface area contributed by atoms with Crippen molar-refractivity contribution in [1.82, 2.24) is 24.7 Å². The van der Waals surface area contributed by atoms with Crippen LogP contribution in [-0.2, 0) is 6.54 Å². The van der Waals surface area contributed by atoms with Gasteiger partial charge in [0.2, 0.25) is 0 Å². The fraction of sp³-hybridized carbons (Fsp3) is 0.136. The minimum absolute atomic E-state index is 0.175. The maximum absolute atomic E-state index is 12.3. The van der Waals surface area contributed by atoms with E-state index in [1.54, 1.807) is 41.6 Å². The predicted octanol–water partition coefficient (Wildman–Crippen LogP) is 3.54. The Labute approximate surface area is 174 Å². The van der Waals surface area contributed by atoms with Gasteiger partial charge in [0, 0.05) is 35.9 Å². The van der Waals surface area contributed by atoms with E-state index in [4.69, 9.17) is 0 Å². The molecule has 1 amide bonds. The minimum Gasteiger partial charge on any atom is -0.365 e. The number of aromatic nitrogens is 5. The van der Waals surface area contributed by atoms with Gasteiger partial charge in [0.25, 0.3) is 5.91 Å². The number of carbonyl (C=O) groups excluding carboxylic acids is 1. The van der Waals surface area contributed by atoms with E-state index in [1.807, 2.05) is 44.2 Å². The summed E-state index contributed by atoms with van der Waals surface area (Å²) in [4.78, 5) is 25.1. The highest BCUT2D eigenvalue weighted by atomic mass is 16.1.